The number of allylic oxidation sites excluding steroid dienone is 6. The smallest absolute Gasteiger partial charge is 0.335 e. The van der Waals surface area contributed by atoms with E-state index in [9.17, 15) is 34.5 Å². The highest BCUT2D eigenvalue weighted by Crippen LogP contribution is 2.27. The number of aliphatic hydroxyl groups excluding tert-OH is 2. The first-order chi connectivity index (χ1) is 39.6. The minimum Gasteiger partial charge on any atom is -0.479 e. The summed E-state index contributed by atoms with van der Waals surface area (Å²) in [5.41, 5.74) is 0. The molecule has 1 rings (SSSR count). The van der Waals surface area contributed by atoms with Crippen LogP contribution in [0, 0.1) is 0 Å². The number of carbonyl (C=O) groups is 4. The molecule has 1 aliphatic heterocycles. The molecular formula is C69H124O12. The van der Waals surface area contributed by atoms with Crippen molar-refractivity contribution in [1.82, 2.24) is 0 Å². The van der Waals surface area contributed by atoms with Gasteiger partial charge in [0.25, 0.3) is 0 Å². The van der Waals surface area contributed by atoms with Crippen LogP contribution < -0.4 is 0 Å². The van der Waals surface area contributed by atoms with Gasteiger partial charge in [-0.1, -0.05) is 250 Å². The van der Waals surface area contributed by atoms with E-state index in [0.29, 0.717) is 19.3 Å². The predicted molar refractivity (Wildman–Crippen MR) is 331 cm³/mol. The highest BCUT2D eigenvalue weighted by Gasteiger charge is 2.50. The third-order valence-corrected chi connectivity index (χ3v) is 15.7. The number of carboxylic acids is 1. The van der Waals surface area contributed by atoms with Gasteiger partial charge >= 0.3 is 23.9 Å². The fourth-order valence-corrected chi connectivity index (χ4v) is 10.4. The largest absolute Gasteiger partial charge is 0.479 e. The average molecular weight is 1150 g/mol. The number of ether oxygens (including phenoxy) is 5. The van der Waals surface area contributed by atoms with Crippen LogP contribution in [0.25, 0.3) is 0 Å². The highest BCUT2D eigenvalue weighted by atomic mass is 16.7. The second-order valence-electron chi connectivity index (χ2n) is 23.5. The van der Waals surface area contributed by atoms with Crippen molar-refractivity contribution in [1.29, 1.82) is 0 Å². The van der Waals surface area contributed by atoms with Gasteiger partial charge in [0.15, 0.2) is 24.6 Å². The van der Waals surface area contributed by atoms with Gasteiger partial charge < -0.3 is 39.0 Å². The Bertz CT molecular complexity index is 1550. The standard InChI is InChI=1S/C69H124O12/c1-4-7-10-13-16-19-22-25-27-29-31-33-35-38-40-43-46-49-52-55-61(70)77-58-60(79-62(71)56-53-50-47-44-41-37-24-21-18-15-12-9-6-3)59-78-69-67(65(74)64(73)66(81-69)68(75)76)80-63(72)57-54-51-48-45-42-39-36-34-32-30-28-26-23-20-17-14-11-8-5-2/h21,24-28,60,64-67,69,73-74H,4-20,22-23,29-59H2,1-3H3,(H,75,76)/b24-21-,27-25-,28-26-. The minimum atomic E-state index is -1.90. The third-order valence-electron chi connectivity index (χ3n) is 15.7. The first-order valence-corrected chi connectivity index (χ1v) is 34.0. The van der Waals surface area contributed by atoms with E-state index in [0.717, 1.165) is 89.9 Å². The Hall–Kier alpha value is -3.06. The molecule has 1 heterocycles. The van der Waals surface area contributed by atoms with Gasteiger partial charge in [-0.15, -0.1) is 0 Å². The Balaban J connectivity index is 2.61. The quantitative estimate of drug-likeness (QED) is 0.0228. The molecule has 472 valence electrons. The second-order valence-corrected chi connectivity index (χ2v) is 23.5. The lowest BCUT2D eigenvalue weighted by Gasteiger charge is -2.40. The molecule has 1 aliphatic rings. The number of carboxylic acid groups (broad SMARTS) is 1. The van der Waals surface area contributed by atoms with Crippen molar-refractivity contribution in [2.45, 2.75) is 366 Å². The van der Waals surface area contributed by atoms with E-state index < -0.39 is 67.3 Å². The van der Waals surface area contributed by atoms with Gasteiger partial charge in [0, 0.05) is 19.3 Å². The molecule has 0 aliphatic carbocycles. The van der Waals surface area contributed by atoms with Gasteiger partial charge in [-0.3, -0.25) is 14.4 Å². The maximum absolute atomic E-state index is 13.2. The fraction of sp³-hybridized carbons (Fsp3) is 0.855. The highest BCUT2D eigenvalue weighted by molar-refractivity contribution is 5.74. The Morgan fingerprint density at radius 1 is 0.395 bits per heavy atom. The number of esters is 3. The molecule has 6 atom stereocenters. The molecule has 1 fully saturated rings. The van der Waals surface area contributed by atoms with Crippen LogP contribution in [0.15, 0.2) is 36.5 Å². The Morgan fingerprint density at radius 2 is 0.704 bits per heavy atom. The number of aliphatic carboxylic acids is 1. The summed E-state index contributed by atoms with van der Waals surface area (Å²) in [7, 11) is 0. The number of rotatable bonds is 59. The third kappa shape index (κ3) is 46.9. The summed E-state index contributed by atoms with van der Waals surface area (Å²) in [4.78, 5) is 51.4. The Morgan fingerprint density at radius 3 is 1.06 bits per heavy atom. The fourth-order valence-electron chi connectivity index (χ4n) is 10.4. The minimum absolute atomic E-state index is 0.0604. The summed E-state index contributed by atoms with van der Waals surface area (Å²) in [6.07, 6.45) is 56.7. The van der Waals surface area contributed by atoms with Crippen LogP contribution in [0.1, 0.15) is 329 Å². The number of hydrogen-bond acceptors (Lipinski definition) is 11. The molecule has 0 aromatic carbocycles. The van der Waals surface area contributed by atoms with Crippen LogP contribution in [0.3, 0.4) is 0 Å². The zero-order valence-electron chi connectivity index (χ0n) is 52.3. The van der Waals surface area contributed by atoms with Crippen LogP contribution >= 0.6 is 0 Å². The van der Waals surface area contributed by atoms with Gasteiger partial charge in [-0.05, 0) is 96.3 Å². The van der Waals surface area contributed by atoms with Crippen molar-refractivity contribution >= 4 is 23.9 Å². The molecule has 0 saturated carbocycles. The molecule has 1 saturated heterocycles. The molecule has 81 heavy (non-hydrogen) atoms. The van der Waals surface area contributed by atoms with Crippen LogP contribution in [-0.4, -0.2) is 89.2 Å². The lowest BCUT2D eigenvalue weighted by atomic mass is 9.98. The van der Waals surface area contributed by atoms with Gasteiger partial charge in [0.1, 0.15) is 18.8 Å². The van der Waals surface area contributed by atoms with E-state index in [1.807, 2.05) is 0 Å². The lowest BCUT2D eigenvalue weighted by Crippen LogP contribution is -2.61. The van der Waals surface area contributed by atoms with Crippen molar-refractivity contribution in [3.05, 3.63) is 36.5 Å². The van der Waals surface area contributed by atoms with Crippen LogP contribution in [0.4, 0.5) is 0 Å². The number of hydrogen-bond donors (Lipinski definition) is 3. The van der Waals surface area contributed by atoms with Gasteiger partial charge in [-0.25, -0.2) is 4.79 Å². The maximum atomic E-state index is 13.2. The molecule has 0 radical (unpaired) electrons. The summed E-state index contributed by atoms with van der Waals surface area (Å²) in [6, 6.07) is 0. The summed E-state index contributed by atoms with van der Waals surface area (Å²) >= 11 is 0. The SMILES string of the molecule is CCCCCC/C=C\CCCCCCCC(=O)OC(COC(=O)CCCCCCCCCCC/C=C\CCCCCCCC)COC1OC(C(=O)O)C(O)C(O)C1OC(=O)CCCCCCCCCCC/C=C\CCCCCCCC. The van der Waals surface area contributed by atoms with Crippen molar-refractivity contribution in [3.8, 4) is 0 Å². The molecule has 0 amide bonds. The molecule has 0 bridgehead atoms. The molecule has 6 unspecified atom stereocenters. The number of carbonyl (C=O) groups excluding carboxylic acids is 3. The molecular weight excluding hydrogens is 1020 g/mol. The van der Waals surface area contributed by atoms with E-state index >= 15 is 0 Å². The first kappa shape index (κ1) is 76.0. The van der Waals surface area contributed by atoms with Crippen molar-refractivity contribution in [2.24, 2.45) is 0 Å². The predicted octanol–water partition coefficient (Wildman–Crippen LogP) is 18.4. The topological polar surface area (TPSA) is 175 Å². The molecule has 3 N–H and O–H groups in total. The zero-order valence-corrected chi connectivity index (χ0v) is 52.3. The van der Waals surface area contributed by atoms with Gasteiger partial charge in [-0.2, -0.15) is 0 Å². The summed E-state index contributed by atoms with van der Waals surface area (Å²) in [6.45, 7) is 6.01. The second kappa shape index (κ2) is 57.4. The number of aliphatic hydroxyl groups is 2. The van der Waals surface area contributed by atoms with Crippen molar-refractivity contribution < 1.29 is 58.2 Å². The molecule has 12 heteroatoms. The Labute approximate surface area is 495 Å². The van der Waals surface area contributed by atoms with Gasteiger partial charge in [0.05, 0.1) is 6.61 Å². The van der Waals surface area contributed by atoms with Crippen LogP contribution in [0.2, 0.25) is 0 Å². The van der Waals surface area contributed by atoms with Crippen molar-refractivity contribution in [2.75, 3.05) is 13.2 Å². The average Bonchev–Trinajstić information content (AvgIpc) is 3.54. The number of unbranched alkanes of at least 4 members (excludes halogenated alkanes) is 39. The van der Waals surface area contributed by atoms with E-state index in [1.165, 1.54) is 180 Å². The zero-order chi connectivity index (χ0) is 58.9. The summed E-state index contributed by atoms with van der Waals surface area (Å²) < 4.78 is 28.6. The van der Waals surface area contributed by atoms with Crippen LogP contribution in [0.5, 0.6) is 0 Å². The van der Waals surface area contributed by atoms with E-state index in [-0.39, 0.29) is 25.9 Å². The van der Waals surface area contributed by atoms with E-state index in [4.69, 9.17) is 23.7 Å². The Kier molecular flexibility index (Phi) is 53.8. The molecule has 0 aromatic heterocycles. The monoisotopic (exact) mass is 1140 g/mol. The van der Waals surface area contributed by atoms with Gasteiger partial charge in [0.2, 0.25) is 0 Å². The summed E-state index contributed by atoms with van der Waals surface area (Å²) in [5, 5.41) is 31.6. The van der Waals surface area contributed by atoms with Crippen LogP contribution in [-0.2, 0) is 42.9 Å². The molecule has 12 nitrogen and oxygen atoms in total. The van der Waals surface area contributed by atoms with Crippen molar-refractivity contribution in [3.63, 3.8) is 0 Å². The lowest BCUT2D eigenvalue weighted by molar-refractivity contribution is -0.301. The van der Waals surface area contributed by atoms with E-state index in [2.05, 4.69) is 57.2 Å². The molecule has 0 spiro atoms. The maximum Gasteiger partial charge on any atom is 0.335 e. The normalized spacial score (nSPS) is 17.9. The first-order valence-electron chi connectivity index (χ1n) is 34.0. The summed E-state index contributed by atoms with van der Waals surface area (Å²) in [5.74, 6) is -3.10. The molecule has 0 aromatic rings. The van der Waals surface area contributed by atoms with E-state index in [1.54, 1.807) is 0 Å².